The van der Waals surface area contributed by atoms with Gasteiger partial charge in [0, 0.05) is 32.7 Å². The summed E-state index contributed by atoms with van der Waals surface area (Å²) in [5.41, 5.74) is 5.84. The summed E-state index contributed by atoms with van der Waals surface area (Å²) in [6, 6.07) is 12.6. The van der Waals surface area contributed by atoms with E-state index in [-0.39, 0.29) is 49.0 Å². The van der Waals surface area contributed by atoms with Crippen LogP contribution in [0.4, 0.5) is 0 Å². The Bertz CT molecular complexity index is 731. The first-order valence-electron chi connectivity index (χ1n) is 10.2. The summed E-state index contributed by atoms with van der Waals surface area (Å²) >= 11 is 0. The molecule has 159 valence electrons. The second-order valence-electron chi connectivity index (χ2n) is 10.7. The van der Waals surface area contributed by atoms with Gasteiger partial charge >= 0.3 is 0 Å². The number of benzene rings is 2. The molecule has 1 N–H and O–H groups in total. The van der Waals surface area contributed by atoms with Gasteiger partial charge in [0.05, 0.1) is 0 Å². The Hall–Kier alpha value is -0.786. The molecule has 0 aliphatic heterocycles. The molecule has 0 fully saturated rings. The van der Waals surface area contributed by atoms with Crippen LogP contribution in [-0.2, 0) is 55.4 Å². The Morgan fingerprint density at radius 3 is 1.38 bits per heavy atom. The van der Waals surface area contributed by atoms with Crippen molar-refractivity contribution in [2.75, 3.05) is 0 Å². The molecule has 1 nitrogen and oxygen atoms in total. The molecule has 0 amide bonds. The fraction of sp³-hybridized carbons (Fsp3) is 0.481. The van der Waals surface area contributed by atoms with E-state index in [1.54, 1.807) is 0 Å². The Balaban J connectivity index is 0.000000568. The average molecular weight is 470 g/mol. The largest absolute Gasteiger partial charge is 0.507 e. The molecule has 0 saturated heterocycles. The van der Waals surface area contributed by atoms with Crippen LogP contribution in [0.3, 0.4) is 0 Å². The van der Waals surface area contributed by atoms with Gasteiger partial charge in [0.2, 0.25) is 0 Å². The van der Waals surface area contributed by atoms with Crippen molar-refractivity contribution in [2.24, 2.45) is 0 Å². The van der Waals surface area contributed by atoms with Crippen LogP contribution in [0.1, 0.15) is 90.1 Å². The number of hydrogen-bond acceptors (Lipinski definition) is 1. The molecule has 0 saturated carbocycles. The third-order valence-electron chi connectivity index (χ3n) is 4.89. The van der Waals surface area contributed by atoms with Crippen molar-refractivity contribution < 1.29 is 37.8 Å². The van der Waals surface area contributed by atoms with E-state index in [1.165, 1.54) is 11.1 Å². The van der Waals surface area contributed by atoms with E-state index in [0.29, 0.717) is 5.75 Å². The minimum atomic E-state index is -0.0464. The van der Waals surface area contributed by atoms with Crippen LogP contribution < -0.4 is 0 Å². The normalized spacial score (nSPS) is 11.9. The van der Waals surface area contributed by atoms with E-state index >= 15 is 0 Å². The van der Waals surface area contributed by atoms with Gasteiger partial charge in [-0.2, -0.15) is 31.0 Å². The van der Waals surface area contributed by atoms with Crippen molar-refractivity contribution in [3.63, 3.8) is 0 Å². The maximum absolute atomic E-state index is 10.5. The minimum absolute atomic E-state index is 0. The van der Waals surface area contributed by atoms with Crippen LogP contribution in [0.15, 0.2) is 36.4 Å². The Kier molecular flexibility index (Phi) is 10.2. The monoisotopic (exact) mass is 469 g/mol. The van der Waals surface area contributed by atoms with Gasteiger partial charge < -0.3 is 12.0 Å². The number of aromatic hydroxyl groups is 1. The van der Waals surface area contributed by atoms with Crippen molar-refractivity contribution >= 4 is 0 Å². The third-order valence-corrected chi connectivity index (χ3v) is 4.89. The number of phenolic OH excluding ortho intramolecular Hbond substituents is 1. The summed E-state index contributed by atoms with van der Waals surface area (Å²) in [6.07, 6.45) is 0.756. The van der Waals surface area contributed by atoms with Gasteiger partial charge in [-0.05, 0) is 27.4 Å². The molecular weight excluding hydrogens is 429 g/mol. The Labute approximate surface area is 205 Å². The van der Waals surface area contributed by atoms with Crippen molar-refractivity contribution in [3.8, 4) is 5.75 Å². The van der Waals surface area contributed by atoms with Gasteiger partial charge in [0.1, 0.15) is 5.75 Å². The van der Waals surface area contributed by atoms with E-state index in [2.05, 4.69) is 113 Å². The van der Waals surface area contributed by atoms with Gasteiger partial charge in [-0.3, -0.25) is 0 Å². The molecule has 0 unspecified atom stereocenters. The van der Waals surface area contributed by atoms with Crippen LogP contribution in [0.2, 0.25) is 0 Å². The first-order valence-corrected chi connectivity index (χ1v) is 10.2. The Morgan fingerprint density at radius 1 is 0.724 bits per heavy atom. The molecule has 0 bridgehead atoms. The zero-order valence-corrected chi connectivity index (χ0v) is 22.9. The summed E-state index contributed by atoms with van der Waals surface area (Å²) in [4.78, 5) is 0. The molecule has 2 rings (SSSR count). The topological polar surface area (TPSA) is 20.2 Å². The predicted molar refractivity (Wildman–Crippen MR) is 124 cm³/mol. The van der Waals surface area contributed by atoms with Crippen molar-refractivity contribution in [2.45, 2.75) is 85.0 Å². The van der Waals surface area contributed by atoms with Gasteiger partial charge in [-0.1, -0.05) is 85.6 Å². The summed E-state index contributed by atoms with van der Waals surface area (Å²) in [5.74, 6) is 0.446. The fourth-order valence-corrected chi connectivity index (χ4v) is 2.99. The molecule has 2 heteroatoms. The smallest absolute Gasteiger partial charge is 0.123 e. The second-order valence-corrected chi connectivity index (χ2v) is 10.7. The van der Waals surface area contributed by atoms with Gasteiger partial charge in [-0.15, -0.1) is 12.1 Å². The number of rotatable bonds is 1. The summed E-state index contributed by atoms with van der Waals surface area (Å²) in [7, 11) is 0. The first-order chi connectivity index (χ1) is 12.6. The van der Waals surface area contributed by atoms with Gasteiger partial charge in [-0.25, -0.2) is 0 Å². The van der Waals surface area contributed by atoms with E-state index in [0.717, 1.165) is 23.1 Å². The maximum atomic E-state index is 10.5. The molecule has 0 aliphatic carbocycles. The van der Waals surface area contributed by atoms with E-state index < -0.39 is 0 Å². The Morgan fingerprint density at radius 2 is 1.10 bits per heavy atom. The van der Waals surface area contributed by atoms with Crippen molar-refractivity contribution in [1.82, 2.24) is 0 Å². The molecular formula is C27H40OY-2. The number of phenols is 1. The van der Waals surface area contributed by atoms with E-state index in [4.69, 9.17) is 0 Å². The van der Waals surface area contributed by atoms with Crippen LogP contribution in [0.5, 0.6) is 5.75 Å². The minimum Gasteiger partial charge on any atom is -0.507 e. The molecule has 29 heavy (non-hydrogen) atoms. The molecule has 2 aromatic rings. The second kappa shape index (κ2) is 10.5. The quantitative estimate of drug-likeness (QED) is 0.428. The first kappa shape index (κ1) is 28.2. The molecule has 0 atom stereocenters. The molecule has 1 radical (unpaired) electrons. The fourth-order valence-electron chi connectivity index (χ4n) is 2.99. The zero-order valence-electron chi connectivity index (χ0n) is 20.1. The maximum Gasteiger partial charge on any atom is 0.123 e. The molecule has 0 aliphatic rings. The van der Waals surface area contributed by atoms with Gasteiger partial charge in [0.15, 0.2) is 0 Å². The molecule has 2 aromatic carbocycles. The van der Waals surface area contributed by atoms with Crippen molar-refractivity contribution in [1.29, 1.82) is 0 Å². The van der Waals surface area contributed by atoms with Crippen LogP contribution >= 0.6 is 0 Å². The number of hydrogen-bond donors (Lipinski definition) is 1. The molecule has 0 heterocycles. The van der Waals surface area contributed by atoms with Crippen LogP contribution in [-0.4, -0.2) is 5.11 Å². The molecule has 0 aromatic heterocycles. The standard InChI is InChI=1S/C16H25O.C11H15.Y/c1-8-11-9-12(15(2,3)4)14(17)13(10-11)16(5,6)7;1-9-5-7-10(8-6-9)11(2,3)4;/h9-10,17H,1,8H2,2-7H3;5-8H,1H2,2-4H3;/q2*-1;. The third kappa shape index (κ3) is 8.46. The van der Waals surface area contributed by atoms with Gasteiger partial charge in [0.25, 0.3) is 0 Å². The predicted octanol–water partition coefficient (Wildman–Crippen LogP) is 7.53. The summed E-state index contributed by atoms with van der Waals surface area (Å²) in [5, 5.41) is 10.5. The van der Waals surface area contributed by atoms with E-state index in [1.807, 2.05) is 0 Å². The average Bonchev–Trinajstić information content (AvgIpc) is 2.53. The van der Waals surface area contributed by atoms with Crippen LogP contribution in [0, 0.1) is 13.8 Å². The van der Waals surface area contributed by atoms with Crippen molar-refractivity contribution in [3.05, 3.63) is 78.1 Å². The van der Waals surface area contributed by atoms with E-state index in [9.17, 15) is 5.11 Å². The SMILES string of the molecule is [CH2-]Cc1cc(C(C)(C)C)c(O)c(C(C)(C)C)c1.[CH2-]c1ccc(C(C)(C)C)cc1.[Y]. The van der Waals surface area contributed by atoms with Crippen LogP contribution in [0.25, 0.3) is 0 Å². The summed E-state index contributed by atoms with van der Waals surface area (Å²) < 4.78 is 0. The zero-order chi connectivity index (χ0) is 21.9. The molecule has 0 spiro atoms. The summed E-state index contributed by atoms with van der Waals surface area (Å²) in [6.45, 7) is 27.2.